The van der Waals surface area contributed by atoms with Crippen molar-refractivity contribution in [2.75, 3.05) is 31.1 Å². The Morgan fingerprint density at radius 1 is 1.07 bits per heavy atom. The summed E-state index contributed by atoms with van der Waals surface area (Å²) in [6.45, 7) is 1.76. The summed E-state index contributed by atoms with van der Waals surface area (Å²) in [4.78, 5) is 6.78. The van der Waals surface area contributed by atoms with Crippen molar-refractivity contribution in [2.45, 2.75) is 11.3 Å². The molecule has 9 heteroatoms. The Balaban J connectivity index is 1.40. The normalized spacial score (nSPS) is 15.6. The maximum Gasteiger partial charge on any atom is 0.243 e. The van der Waals surface area contributed by atoms with E-state index in [2.05, 4.69) is 4.90 Å². The Morgan fingerprint density at radius 3 is 2.48 bits per heavy atom. The van der Waals surface area contributed by atoms with Gasteiger partial charge < -0.3 is 4.90 Å². The number of rotatable bonds is 5. The summed E-state index contributed by atoms with van der Waals surface area (Å²) in [5.41, 5.74) is 2.11. The monoisotopic (exact) mass is 451 g/mol. The number of anilines is 1. The van der Waals surface area contributed by atoms with E-state index in [4.69, 9.17) is 16.6 Å². The van der Waals surface area contributed by atoms with Gasteiger partial charge in [-0.05, 0) is 35.9 Å². The molecule has 1 aromatic heterocycles. The van der Waals surface area contributed by atoms with Crippen molar-refractivity contribution in [1.82, 2.24) is 9.29 Å². The third-order valence-electron chi connectivity index (χ3n) is 4.78. The first-order valence-corrected chi connectivity index (χ1v) is 11.8. The van der Waals surface area contributed by atoms with Gasteiger partial charge in [0.2, 0.25) is 10.0 Å². The molecule has 0 aliphatic carbocycles. The Kier molecular flexibility index (Phi) is 5.87. The summed E-state index contributed by atoms with van der Waals surface area (Å²) < 4.78 is 40.3. The Bertz CT molecular complexity index is 1090. The van der Waals surface area contributed by atoms with Gasteiger partial charge in [0.1, 0.15) is 5.82 Å². The van der Waals surface area contributed by atoms with Gasteiger partial charge in [0.25, 0.3) is 0 Å². The van der Waals surface area contributed by atoms with E-state index in [1.54, 1.807) is 11.3 Å². The lowest BCUT2D eigenvalue weighted by atomic mass is 10.1. The van der Waals surface area contributed by atoms with Crippen molar-refractivity contribution in [3.05, 3.63) is 76.0 Å². The van der Waals surface area contributed by atoms with Crippen LogP contribution in [0, 0.1) is 5.82 Å². The quantitative estimate of drug-likeness (QED) is 0.587. The van der Waals surface area contributed by atoms with Crippen LogP contribution in [0.3, 0.4) is 0 Å². The number of halogens is 2. The molecule has 0 amide bonds. The lowest BCUT2D eigenvalue weighted by molar-refractivity contribution is 0.384. The molecule has 5 nitrogen and oxygen atoms in total. The number of sulfonamides is 1. The van der Waals surface area contributed by atoms with Crippen LogP contribution < -0.4 is 4.90 Å². The lowest BCUT2D eigenvalue weighted by Crippen LogP contribution is -2.48. The van der Waals surface area contributed by atoms with E-state index in [1.165, 1.54) is 22.5 Å². The fraction of sp³-hybridized carbons (Fsp3) is 0.250. The second kappa shape index (κ2) is 8.39. The first-order chi connectivity index (χ1) is 13.9. The molecule has 1 fully saturated rings. The number of benzene rings is 2. The van der Waals surface area contributed by atoms with Crippen molar-refractivity contribution >= 4 is 38.1 Å². The van der Waals surface area contributed by atoms with Gasteiger partial charge in [-0.25, -0.2) is 17.8 Å². The highest BCUT2D eigenvalue weighted by Gasteiger charge is 2.29. The zero-order chi connectivity index (χ0) is 20.4. The minimum absolute atomic E-state index is 0.00884. The van der Waals surface area contributed by atoms with Crippen LogP contribution >= 0.6 is 22.9 Å². The summed E-state index contributed by atoms with van der Waals surface area (Å²) in [7, 11) is -3.69. The molecule has 0 saturated carbocycles. The fourth-order valence-corrected chi connectivity index (χ4v) is 5.69. The molecule has 0 radical (unpaired) electrons. The average Bonchev–Trinajstić information content (AvgIpc) is 3.18. The summed E-state index contributed by atoms with van der Waals surface area (Å²) >= 11 is 7.48. The molecule has 0 bridgehead atoms. The number of hydrogen-bond donors (Lipinski definition) is 0. The smallest absolute Gasteiger partial charge is 0.243 e. The Labute approximate surface area is 178 Å². The number of hydrogen-bond acceptors (Lipinski definition) is 5. The second-order valence-electron chi connectivity index (χ2n) is 6.77. The Hall–Kier alpha value is -2.00. The zero-order valence-corrected chi connectivity index (χ0v) is 17.9. The molecule has 0 unspecified atom stereocenters. The molecule has 4 rings (SSSR count). The van der Waals surface area contributed by atoms with Crippen LogP contribution in [-0.2, 0) is 16.4 Å². The van der Waals surface area contributed by atoms with Gasteiger partial charge in [-0.1, -0.05) is 29.8 Å². The average molecular weight is 452 g/mol. The summed E-state index contributed by atoms with van der Waals surface area (Å²) in [5, 5.41) is 3.62. The third kappa shape index (κ3) is 4.61. The van der Waals surface area contributed by atoms with E-state index in [0.29, 0.717) is 31.2 Å². The summed E-state index contributed by atoms with van der Waals surface area (Å²) in [6, 6.07) is 12.8. The van der Waals surface area contributed by atoms with Crippen molar-refractivity contribution in [2.24, 2.45) is 0 Å². The van der Waals surface area contributed by atoms with E-state index >= 15 is 0 Å². The van der Waals surface area contributed by atoms with Crippen LogP contribution in [0.25, 0.3) is 0 Å². The largest absolute Gasteiger partial charge is 0.345 e. The van der Waals surface area contributed by atoms with Gasteiger partial charge in [-0.15, -0.1) is 11.3 Å². The van der Waals surface area contributed by atoms with Gasteiger partial charge in [-0.3, -0.25) is 0 Å². The molecule has 2 heterocycles. The molecule has 3 aromatic rings. The third-order valence-corrected chi connectivity index (χ3v) is 7.88. The number of thiazole rings is 1. The molecule has 0 spiro atoms. The molecule has 0 atom stereocenters. The van der Waals surface area contributed by atoms with Gasteiger partial charge in [0.05, 0.1) is 10.6 Å². The van der Waals surface area contributed by atoms with Crippen molar-refractivity contribution in [3.63, 3.8) is 0 Å². The molecule has 0 N–H and O–H groups in total. The molecular weight excluding hydrogens is 433 g/mol. The first-order valence-electron chi connectivity index (χ1n) is 9.11. The topological polar surface area (TPSA) is 53.5 Å². The number of nitrogens with zero attached hydrogens (tertiary/aromatic N) is 3. The first kappa shape index (κ1) is 20.3. The van der Waals surface area contributed by atoms with Gasteiger partial charge in [0, 0.05) is 43.0 Å². The molecule has 152 valence electrons. The van der Waals surface area contributed by atoms with Gasteiger partial charge >= 0.3 is 0 Å². The van der Waals surface area contributed by atoms with Gasteiger partial charge in [-0.2, -0.15) is 4.31 Å². The van der Waals surface area contributed by atoms with E-state index in [1.807, 2.05) is 29.6 Å². The van der Waals surface area contributed by atoms with Crippen LogP contribution in [0.4, 0.5) is 9.52 Å². The highest BCUT2D eigenvalue weighted by molar-refractivity contribution is 7.89. The highest BCUT2D eigenvalue weighted by atomic mass is 35.5. The van der Waals surface area contributed by atoms with E-state index in [0.717, 1.165) is 28.9 Å². The van der Waals surface area contributed by atoms with Crippen LogP contribution in [0.15, 0.2) is 58.8 Å². The minimum atomic E-state index is -3.69. The molecule has 29 heavy (non-hydrogen) atoms. The zero-order valence-electron chi connectivity index (χ0n) is 15.5. The minimum Gasteiger partial charge on any atom is -0.345 e. The molecule has 1 aliphatic rings. The predicted octanol–water partition coefficient (Wildman–Crippen LogP) is 4.04. The molecule has 1 saturated heterocycles. The molecule has 2 aromatic carbocycles. The van der Waals surface area contributed by atoms with Crippen LogP contribution in [-0.4, -0.2) is 43.9 Å². The SMILES string of the molecule is O=S(=O)(c1cccc(F)c1)N1CCN(c2nc(Cc3ccc(Cl)cc3)cs2)CC1. The lowest BCUT2D eigenvalue weighted by Gasteiger charge is -2.33. The standard InChI is InChI=1S/C20H19ClFN3O2S2/c21-16-6-4-15(5-7-16)12-18-14-28-20(23-18)24-8-10-25(11-9-24)29(26,27)19-3-1-2-17(22)13-19/h1-7,13-14H,8-12H2. The maximum absolute atomic E-state index is 13.4. The summed E-state index contributed by atoms with van der Waals surface area (Å²) in [6.07, 6.45) is 0.724. The second-order valence-corrected chi connectivity index (χ2v) is 9.98. The fourth-order valence-electron chi connectivity index (χ4n) is 3.23. The molecular formula is C20H19ClFN3O2S2. The number of aromatic nitrogens is 1. The van der Waals surface area contributed by atoms with Crippen molar-refractivity contribution in [1.29, 1.82) is 0 Å². The van der Waals surface area contributed by atoms with E-state index in [-0.39, 0.29) is 4.90 Å². The van der Waals surface area contributed by atoms with Crippen LogP contribution in [0.1, 0.15) is 11.3 Å². The van der Waals surface area contributed by atoms with Gasteiger partial charge in [0.15, 0.2) is 5.13 Å². The Morgan fingerprint density at radius 2 is 1.79 bits per heavy atom. The van der Waals surface area contributed by atoms with E-state index in [9.17, 15) is 12.8 Å². The van der Waals surface area contributed by atoms with Crippen LogP contribution in [0.2, 0.25) is 5.02 Å². The highest BCUT2D eigenvalue weighted by Crippen LogP contribution is 2.25. The predicted molar refractivity (Wildman–Crippen MR) is 114 cm³/mol. The van der Waals surface area contributed by atoms with Crippen molar-refractivity contribution in [3.8, 4) is 0 Å². The molecule has 1 aliphatic heterocycles. The van der Waals surface area contributed by atoms with E-state index < -0.39 is 15.8 Å². The summed E-state index contributed by atoms with van der Waals surface area (Å²) in [5.74, 6) is -0.555. The van der Waals surface area contributed by atoms with Crippen molar-refractivity contribution < 1.29 is 12.8 Å². The number of piperazine rings is 1. The maximum atomic E-state index is 13.4. The van der Waals surface area contributed by atoms with Crippen LogP contribution in [0.5, 0.6) is 0 Å².